The minimum absolute atomic E-state index is 0.117. The Labute approximate surface area is 161 Å². The SMILES string of the molecule is CC1=C(C(=O)Cc2ccc(-c3cc(-c4ccno4)ccc3C)cc2)SNN1. The van der Waals surface area contributed by atoms with Crippen LogP contribution in [0.2, 0.25) is 0 Å². The average Bonchev–Trinajstić information content (AvgIpc) is 3.35. The smallest absolute Gasteiger partial charge is 0.176 e. The molecule has 0 spiro atoms. The molecule has 4 rings (SSSR count). The molecule has 2 heterocycles. The van der Waals surface area contributed by atoms with Crippen molar-refractivity contribution in [2.75, 3.05) is 0 Å². The molecular weight excluding hydrogens is 358 g/mol. The van der Waals surface area contributed by atoms with Gasteiger partial charge in [-0.2, -0.15) is 4.83 Å². The fraction of sp³-hybridized carbons (Fsp3) is 0.143. The fourth-order valence-electron chi connectivity index (χ4n) is 3.07. The number of carbonyl (C=O) groups excluding carboxylic acids is 1. The molecule has 2 N–H and O–H groups in total. The first-order valence-electron chi connectivity index (χ1n) is 8.65. The largest absolute Gasteiger partial charge is 0.356 e. The van der Waals surface area contributed by atoms with Gasteiger partial charge >= 0.3 is 0 Å². The highest BCUT2D eigenvalue weighted by Crippen LogP contribution is 2.30. The highest BCUT2D eigenvalue weighted by Gasteiger charge is 2.19. The summed E-state index contributed by atoms with van der Waals surface area (Å²) in [5.74, 6) is 0.865. The van der Waals surface area contributed by atoms with Crippen LogP contribution in [0.4, 0.5) is 0 Å². The van der Waals surface area contributed by atoms with Crippen molar-refractivity contribution in [2.24, 2.45) is 0 Å². The van der Waals surface area contributed by atoms with E-state index in [-0.39, 0.29) is 5.78 Å². The third kappa shape index (κ3) is 3.67. The maximum Gasteiger partial charge on any atom is 0.176 e. The van der Waals surface area contributed by atoms with Crippen molar-refractivity contribution in [3.8, 4) is 22.5 Å². The van der Waals surface area contributed by atoms with E-state index in [1.807, 2.05) is 31.2 Å². The number of hydrazine groups is 1. The standard InChI is InChI=1S/C21H19N3O2S/c1-13-3-6-17(20-9-10-22-26-20)12-18(13)16-7-4-15(5-8-16)11-19(25)21-14(2)23-24-27-21/h3-10,12,23-24H,11H2,1-2H3. The topological polar surface area (TPSA) is 67.2 Å². The lowest BCUT2D eigenvalue weighted by atomic mass is 9.96. The van der Waals surface area contributed by atoms with E-state index in [1.165, 1.54) is 17.5 Å². The van der Waals surface area contributed by atoms with Crippen molar-refractivity contribution in [2.45, 2.75) is 20.3 Å². The number of nitrogens with one attached hydrogen (secondary N) is 2. The zero-order valence-electron chi connectivity index (χ0n) is 15.1. The number of aryl methyl sites for hydroxylation is 1. The number of Topliss-reactive ketones (excluding diaryl/α,β-unsaturated/α-hetero) is 1. The second-order valence-electron chi connectivity index (χ2n) is 6.49. The first-order chi connectivity index (χ1) is 13.1. The number of carbonyl (C=O) groups is 1. The molecule has 0 aliphatic carbocycles. The van der Waals surface area contributed by atoms with Crippen LogP contribution < -0.4 is 10.3 Å². The van der Waals surface area contributed by atoms with Gasteiger partial charge in [-0.15, -0.1) is 0 Å². The second kappa shape index (κ2) is 7.42. The van der Waals surface area contributed by atoms with Crippen LogP contribution in [0.5, 0.6) is 0 Å². The molecule has 1 aliphatic heterocycles. The fourth-order valence-corrected chi connectivity index (χ4v) is 3.77. The zero-order valence-corrected chi connectivity index (χ0v) is 15.9. The zero-order chi connectivity index (χ0) is 18.8. The van der Waals surface area contributed by atoms with E-state index >= 15 is 0 Å². The van der Waals surface area contributed by atoms with Crippen LogP contribution in [0.3, 0.4) is 0 Å². The van der Waals surface area contributed by atoms with E-state index in [1.54, 1.807) is 6.20 Å². The molecule has 6 heteroatoms. The molecule has 0 bridgehead atoms. The van der Waals surface area contributed by atoms with Gasteiger partial charge in [0.2, 0.25) is 0 Å². The van der Waals surface area contributed by atoms with Crippen molar-refractivity contribution < 1.29 is 9.32 Å². The van der Waals surface area contributed by atoms with Gasteiger partial charge in [-0.1, -0.05) is 41.6 Å². The summed E-state index contributed by atoms with van der Waals surface area (Å²) in [5.41, 5.74) is 9.25. The molecule has 0 unspecified atom stereocenters. The molecule has 27 heavy (non-hydrogen) atoms. The van der Waals surface area contributed by atoms with E-state index in [2.05, 4.69) is 46.6 Å². The minimum Gasteiger partial charge on any atom is -0.356 e. The molecule has 5 nitrogen and oxygen atoms in total. The predicted molar refractivity (Wildman–Crippen MR) is 107 cm³/mol. The summed E-state index contributed by atoms with van der Waals surface area (Å²) in [7, 11) is 0. The van der Waals surface area contributed by atoms with Crippen LogP contribution in [0.1, 0.15) is 18.1 Å². The van der Waals surface area contributed by atoms with Crippen molar-refractivity contribution >= 4 is 17.7 Å². The van der Waals surface area contributed by atoms with Crippen LogP contribution in [-0.2, 0) is 11.2 Å². The Bertz CT molecular complexity index is 1010. The summed E-state index contributed by atoms with van der Waals surface area (Å²) < 4.78 is 5.27. The molecule has 0 atom stereocenters. The van der Waals surface area contributed by atoms with Crippen LogP contribution in [0, 0.1) is 6.92 Å². The summed E-state index contributed by atoms with van der Waals surface area (Å²) in [6.07, 6.45) is 2.03. The first kappa shape index (κ1) is 17.6. The van der Waals surface area contributed by atoms with Gasteiger partial charge < -0.3 is 9.95 Å². The number of hydrogen-bond acceptors (Lipinski definition) is 6. The summed E-state index contributed by atoms with van der Waals surface area (Å²) in [6.45, 7) is 3.98. The molecule has 0 radical (unpaired) electrons. The van der Waals surface area contributed by atoms with Gasteiger partial charge in [0.25, 0.3) is 0 Å². The van der Waals surface area contributed by atoms with E-state index < -0.39 is 0 Å². The average molecular weight is 377 g/mol. The summed E-state index contributed by atoms with van der Waals surface area (Å²) in [4.78, 5) is 16.1. The van der Waals surface area contributed by atoms with Gasteiger partial charge in [-0.05, 0) is 54.1 Å². The number of hydrogen-bond donors (Lipinski definition) is 2. The third-order valence-corrected chi connectivity index (χ3v) is 5.52. The maximum absolute atomic E-state index is 12.4. The minimum atomic E-state index is 0.117. The monoisotopic (exact) mass is 377 g/mol. The molecular formula is C21H19N3O2S. The molecule has 0 saturated carbocycles. The molecule has 0 fully saturated rings. The number of allylic oxidation sites excluding steroid dienone is 2. The number of rotatable bonds is 5. The van der Waals surface area contributed by atoms with Crippen LogP contribution in [-0.4, -0.2) is 10.9 Å². The Balaban J connectivity index is 1.57. The molecule has 3 aromatic rings. The number of nitrogens with zero attached hydrogens (tertiary/aromatic N) is 1. The van der Waals surface area contributed by atoms with E-state index in [0.29, 0.717) is 6.42 Å². The van der Waals surface area contributed by atoms with Crippen LogP contribution >= 0.6 is 11.9 Å². The Hall–Kier alpha value is -2.83. The van der Waals surface area contributed by atoms with E-state index in [0.717, 1.165) is 38.6 Å². The first-order valence-corrected chi connectivity index (χ1v) is 9.46. The van der Waals surface area contributed by atoms with Crippen molar-refractivity contribution in [3.63, 3.8) is 0 Å². The molecule has 2 aromatic carbocycles. The quantitative estimate of drug-likeness (QED) is 0.642. The lowest BCUT2D eigenvalue weighted by molar-refractivity contribution is -0.114. The van der Waals surface area contributed by atoms with Gasteiger partial charge in [0.15, 0.2) is 11.5 Å². The van der Waals surface area contributed by atoms with Gasteiger partial charge in [0.05, 0.1) is 11.1 Å². The summed E-state index contributed by atoms with van der Waals surface area (Å²) >= 11 is 1.34. The lowest BCUT2D eigenvalue weighted by Gasteiger charge is -2.09. The maximum atomic E-state index is 12.4. The van der Waals surface area contributed by atoms with E-state index in [4.69, 9.17) is 4.52 Å². The normalized spacial score (nSPS) is 13.7. The van der Waals surface area contributed by atoms with Gasteiger partial charge in [0, 0.05) is 23.7 Å². The second-order valence-corrected chi connectivity index (χ2v) is 7.30. The Morgan fingerprint density at radius 1 is 1.07 bits per heavy atom. The number of benzene rings is 2. The summed E-state index contributed by atoms with van der Waals surface area (Å²) in [6, 6.07) is 16.2. The Morgan fingerprint density at radius 2 is 1.85 bits per heavy atom. The summed E-state index contributed by atoms with van der Waals surface area (Å²) in [5, 5.41) is 3.78. The van der Waals surface area contributed by atoms with E-state index in [9.17, 15) is 4.79 Å². The molecule has 1 aromatic heterocycles. The van der Waals surface area contributed by atoms with Crippen molar-refractivity contribution in [3.05, 3.63) is 76.5 Å². The van der Waals surface area contributed by atoms with Crippen LogP contribution in [0.25, 0.3) is 22.5 Å². The van der Waals surface area contributed by atoms with Crippen molar-refractivity contribution in [1.29, 1.82) is 0 Å². The Kier molecular flexibility index (Phi) is 4.83. The number of aromatic nitrogens is 1. The molecule has 0 saturated heterocycles. The number of ketones is 1. The highest BCUT2D eigenvalue weighted by atomic mass is 32.2. The highest BCUT2D eigenvalue weighted by molar-refractivity contribution is 8.02. The van der Waals surface area contributed by atoms with Gasteiger partial charge in [-0.3, -0.25) is 4.79 Å². The molecule has 0 amide bonds. The Morgan fingerprint density at radius 3 is 2.52 bits per heavy atom. The van der Waals surface area contributed by atoms with Gasteiger partial charge in [-0.25, -0.2) is 0 Å². The molecule has 1 aliphatic rings. The van der Waals surface area contributed by atoms with Crippen LogP contribution in [0.15, 0.2) is 69.9 Å². The molecule has 136 valence electrons. The lowest BCUT2D eigenvalue weighted by Crippen LogP contribution is -2.16. The third-order valence-electron chi connectivity index (χ3n) is 4.58. The van der Waals surface area contributed by atoms with Crippen molar-refractivity contribution in [1.82, 2.24) is 15.4 Å². The van der Waals surface area contributed by atoms with Gasteiger partial charge in [0.1, 0.15) is 0 Å². The predicted octanol–water partition coefficient (Wildman–Crippen LogP) is 4.42.